The second-order valence-electron chi connectivity index (χ2n) is 11.9. The van der Waals surface area contributed by atoms with Gasteiger partial charge in [0.1, 0.15) is 0 Å². The molecule has 2 aliphatic rings. The minimum absolute atomic E-state index is 0.102. The number of amides is 2. The molecule has 1 N–H and O–H groups in total. The van der Waals surface area contributed by atoms with Crippen molar-refractivity contribution in [2.45, 2.75) is 52.6 Å². The Kier molecular flexibility index (Phi) is 9.91. The number of carbonyl (C=O) groups excluding carboxylic acids is 2. The normalized spacial score (nSPS) is 16.7. The van der Waals surface area contributed by atoms with E-state index in [9.17, 15) is 9.59 Å². The van der Waals surface area contributed by atoms with Crippen LogP contribution in [0.15, 0.2) is 60.7 Å². The van der Waals surface area contributed by atoms with Crippen LogP contribution in [0.5, 0.6) is 0 Å². The van der Waals surface area contributed by atoms with E-state index in [-0.39, 0.29) is 17.9 Å². The van der Waals surface area contributed by atoms with Crippen molar-refractivity contribution in [1.82, 2.24) is 20.0 Å². The number of nitrogens with zero attached hydrogens (tertiary/aromatic N) is 3. The molecule has 41 heavy (non-hydrogen) atoms. The highest BCUT2D eigenvalue weighted by Gasteiger charge is 2.29. The van der Waals surface area contributed by atoms with E-state index in [0.29, 0.717) is 12.5 Å². The van der Waals surface area contributed by atoms with Crippen molar-refractivity contribution >= 4 is 23.2 Å². The van der Waals surface area contributed by atoms with E-state index in [2.05, 4.69) is 60.2 Å². The number of likely N-dealkylation sites (tertiary alicyclic amines) is 1. The molecule has 0 saturated carbocycles. The highest BCUT2D eigenvalue weighted by molar-refractivity contribution is 7.13. The van der Waals surface area contributed by atoms with Gasteiger partial charge in [0.25, 0.3) is 11.8 Å². The van der Waals surface area contributed by atoms with Crippen molar-refractivity contribution in [1.29, 1.82) is 0 Å². The van der Waals surface area contributed by atoms with Gasteiger partial charge in [0, 0.05) is 62.3 Å². The fourth-order valence-electron chi connectivity index (χ4n) is 5.81. The third-order valence-electron chi connectivity index (χ3n) is 8.41. The fourth-order valence-corrected chi connectivity index (χ4v) is 6.63. The van der Waals surface area contributed by atoms with E-state index in [0.717, 1.165) is 85.8 Å². The molecule has 3 aromatic rings. The molecule has 0 atom stereocenters. The molecule has 2 fully saturated rings. The Labute approximate surface area is 249 Å². The first-order valence-corrected chi connectivity index (χ1v) is 16.0. The molecule has 5 rings (SSSR count). The van der Waals surface area contributed by atoms with Crippen LogP contribution in [-0.2, 0) is 6.54 Å². The van der Waals surface area contributed by atoms with Gasteiger partial charge in [-0.1, -0.05) is 50.2 Å². The lowest BCUT2D eigenvalue weighted by Crippen LogP contribution is -2.47. The number of piperazine rings is 1. The van der Waals surface area contributed by atoms with Crippen LogP contribution in [0, 0.1) is 12.8 Å². The maximum Gasteiger partial charge on any atom is 0.264 e. The van der Waals surface area contributed by atoms with E-state index in [1.54, 1.807) is 11.3 Å². The Morgan fingerprint density at radius 1 is 0.902 bits per heavy atom. The largest absolute Gasteiger partial charge is 0.336 e. The molecule has 0 bridgehead atoms. The maximum atomic E-state index is 13.7. The summed E-state index contributed by atoms with van der Waals surface area (Å²) in [5.41, 5.74) is 4.08. The van der Waals surface area contributed by atoms with Crippen LogP contribution in [0.25, 0.3) is 11.1 Å². The smallest absolute Gasteiger partial charge is 0.264 e. The summed E-state index contributed by atoms with van der Waals surface area (Å²) < 4.78 is 0. The molecule has 0 aliphatic carbocycles. The van der Waals surface area contributed by atoms with Gasteiger partial charge in [-0.05, 0) is 79.6 Å². The van der Waals surface area contributed by atoms with Crippen molar-refractivity contribution in [3.63, 3.8) is 0 Å². The first-order chi connectivity index (χ1) is 19.9. The zero-order valence-corrected chi connectivity index (χ0v) is 25.6. The Balaban J connectivity index is 1.26. The van der Waals surface area contributed by atoms with Gasteiger partial charge in [-0.2, -0.15) is 0 Å². The number of rotatable bonds is 9. The minimum Gasteiger partial charge on any atom is -0.336 e. The van der Waals surface area contributed by atoms with E-state index < -0.39 is 0 Å². The molecule has 7 heteroatoms. The third-order valence-corrected chi connectivity index (χ3v) is 9.40. The lowest BCUT2D eigenvalue weighted by molar-refractivity contribution is 0.0551. The number of nitrogens with one attached hydrogen (secondary N) is 1. The average Bonchev–Trinajstić information content (AvgIpc) is 3.45. The topological polar surface area (TPSA) is 55.9 Å². The van der Waals surface area contributed by atoms with Gasteiger partial charge in [-0.25, -0.2) is 0 Å². The number of thiophene rings is 1. The number of carbonyl (C=O) groups is 2. The lowest BCUT2D eigenvalue weighted by atomic mass is 9.99. The van der Waals surface area contributed by atoms with Crippen molar-refractivity contribution < 1.29 is 9.59 Å². The van der Waals surface area contributed by atoms with Gasteiger partial charge in [0.05, 0.1) is 4.88 Å². The van der Waals surface area contributed by atoms with Gasteiger partial charge in [0.15, 0.2) is 0 Å². The van der Waals surface area contributed by atoms with Crippen LogP contribution in [0.3, 0.4) is 0 Å². The van der Waals surface area contributed by atoms with Gasteiger partial charge < -0.3 is 20.0 Å². The zero-order chi connectivity index (χ0) is 28.8. The summed E-state index contributed by atoms with van der Waals surface area (Å²) in [6, 6.07) is 20.8. The molecule has 2 amide bonds. The predicted octanol–water partition coefficient (Wildman–Crippen LogP) is 5.92. The number of aryl methyl sites for hydroxylation is 1. The van der Waals surface area contributed by atoms with Gasteiger partial charge in [-0.15, -0.1) is 11.3 Å². The predicted molar refractivity (Wildman–Crippen MR) is 168 cm³/mol. The Morgan fingerprint density at radius 3 is 2.12 bits per heavy atom. The second kappa shape index (κ2) is 13.8. The quantitative estimate of drug-likeness (QED) is 0.346. The molecule has 218 valence electrons. The first kappa shape index (κ1) is 29.5. The average molecular weight is 573 g/mol. The van der Waals surface area contributed by atoms with Crippen LogP contribution in [0.4, 0.5) is 0 Å². The molecule has 6 nitrogen and oxygen atoms in total. The molecular formula is C34H44N4O2S. The van der Waals surface area contributed by atoms with Crippen molar-refractivity contribution in [3.8, 4) is 11.1 Å². The maximum absolute atomic E-state index is 13.7. The standard InChI is InChI=1S/C34H44N4O2S/c1-25(2)14-19-36-20-15-31(16-21-36)38(34(40)32-13-4-26(3)41-32)24-27-5-7-28(8-6-27)29-9-11-30(12-10-29)33(39)37-22-17-35-18-23-37/h4-13,25,31,35H,14-24H2,1-3H3. The molecule has 3 heterocycles. The van der Waals surface area contributed by atoms with Crippen LogP contribution in [-0.4, -0.2) is 78.4 Å². The van der Waals surface area contributed by atoms with Gasteiger partial charge in [0.2, 0.25) is 0 Å². The molecule has 0 radical (unpaired) electrons. The first-order valence-electron chi connectivity index (χ1n) is 15.2. The summed E-state index contributed by atoms with van der Waals surface area (Å²) in [5, 5.41) is 3.29. The number of benzene rings is 2. The molecule has 2 aliphatic heterocycles. The van der Waals surface area contributed by atoms with E-state index in [1.165, 1.54) is 11.3 Å². The SMILES string of the molecule is Cc1ccc(C(=O)N(Cc2ccc(-c3ccc(C(=O)N4CCNCC4)cc3)cc2)C2CCN(CCC(C)C)CC2)s1. The second-order valence-corrected chi connectivity index (χ2v) is 13.2. The molecule has 0 spiro atoms. The zero-order valence-electron chi connectivity index (χ0n) is 24.8. The third kappa shape index (κ3) is 7.64. The number of piperidine rings is 1. The number of hydrogen-bond donors (Lipinski definition) is 1. The Bertz CT molecular complexity index is 1290. The molecule has 0 unspecified atom stereocenters. The minimum atomic E-state index is 0.102. The Morgan fingerprint density at radius 2 is 1.54 bits per heavy atom. The number of hydrogen-bond acceptors (Lipinski definition) is 5. The molecule has 2 aromatic carbocycles. The van der Waals surface area contributed by atoms with E-state index in [4.69, 9.17) is 0 Å². The molecule has 2 saturated heterocycles. The monoisotopic (exact) mass is 572 g/mol. The molecular weight excluding hydrogens is 528 g/mol. The van der Waals surface area contributed by atoms with E-state index >= 15 is 0 Å². The summed E-state index contributed by atoms with van der Waals surface area (Å²) in [4.78, 5) is 35.2. The lowest BCUT2D eigenvalue weighted by Gasteiger charge is -2.38. The van der Waals surface area contributed by atoms with Crippen LogP contribution in [0.1, 0.15) is 63.6 Å². The van der Waals surface area contributed by atoms with Crippen molar-refractivity contribution in [2.75, 3.05) is 45.8 Å². The summed E-state index contributed by atoms with van der Waals surface area (Å²) in [5.74, 6) is 0.969. The van der Waals surface area contributed by atoms with Crippen LogP contribution >= 0.6 is 11.3 Å². The highest BCUT2D eigenvalue weighted by atomic mass is 32.1. The Hall–Kier alpha value is -3.00. The van der Waals surface area contributed by atoms with Crippen molar-refractivity contribution in [2.24, 2.45) is 5.92 Å². The van der Waals surface area contributed by atoms with Gasteiger partial charge in [-0.3, -0.25) is 9.59 Å². The van der Waals surface area contributed by atoms with Gasteiger partial charge >= 0.3 is 0 Å². The fraction of sp³-hybridized carbons (Fsp3) is 0.471. The van der Waals surface area contributed by atoms with Crippen molar-refractivity contribution in [3.05, 3.63) is 81.5 Å². The van der Waals surface area contributed by atoms with E-state index in [1.807, 2.05) is 41.3 Å². The summed E-state index contributed by atoms with van der Waals surface area (Å²) in [7, 11) is 0. The van der Waals surface area contributed by atoms with Crippen LogP contribution < -0.4 is 5.32 Å². The highest BCUT2D eigenvalue weighted by Crippen LogP contribution is 2.27. The summed E-state index contributed by atoms with van der Waals surface area (Å²) >= 11 is 1.59. The summed E-state index contributed by atoms with van der Waals surface area (Å²) in [6.45, 7) is 13.7. The molecule has 1 aromatic heterocycles. The summed E-state index contributed by atoms with van der Waals surface area (Å²) in [6.07, 6.45) is 3.26. The van der Waals surface area contributed by atoms with Crippen LogP contribution in [0.2, 0.25) is 0 Å².